The van der Waals surface area contributed by atoms with Crippen LogP contribution in [0.1, 0.15) is 31.1 Å². The van der Waals surface area contributed by atoms with Crippen molar-refractivity contribution in [1.29, 1.82) is 0 Å². The van der Waals surface area contributed by atoms with Gasteiger partial charge in [-0.2, -0.15) is 0 Å². The number of anilines is 1. The lowest BCUT2D eigenvalue weighted by Crippen LogP contribution is -2.36. The molecule has 2 N–H and O–H groups in total. The monoisotopic (exact) mass is 266 g/mol. The number of ether oxygens (including phenoxy) is 1. The third-order valence-corrected chi connectivity index (χ3v) is 4.61. The average Bonchev–Trinajstić information content (AvgIpc) is 3.01. The third-order valence-electron chi connectivity index (χ3n) is 3.69. The molecule has 18 heavy (non-hydrogen) atoms. The molecule has 2 bridgehead atoms. The highest BCUT2D eigenvalue weighted by molar-refractivity contribution is 7.10. The molecule has 1 amide bonds. The Bertz CT molecular complexity index is 446. The van der Waals surface area contributed by atoms with E-state index < -0.39 is 0 Å². The fourth-order valence-corrected chi connectivity index (χ4v) is 3.64. The molecule has 3 atom stereocenters. The Morgan fingerprint density at radius 1 is 1.56 bits per heavy atom. The average molecular weight is 266 g/mol. The summed E-state index contributed by atoms with van der Waals surface area (Å²) in [6.07, 6.45) is 4.42. The molecule has 0 radical (unpaired) electrons. The van der Waals surface area contributed by atoms with Gasteiger partial charge in [-0.1, -0.05) is 0 Å². The normalized spacial score (nSPS) is 29.7. The topological polar surface area (TPSA) is 50.4 Å². The van der Waals surface area contributed by atoms with Crippen LogP contribution in [-0.4, -0.2) is 24.2 Å². The molecule has 3 rings (SSSR count). The van der Waals surface area contributed by atoms with Gasteiger partial charge in [-0.15, -0.1) is 11.3 Å². The van der Waals surface area contributed by atoms with E-state index in [1.54, 1.807) is 18.3 Å². The Kier molecular flexibility index (Phi) is 3.37. The Labute approximate surface area is 111 Å². The molecule has 98 valence electrons. The SMILES string of the molecule is CC(=O)Nc1ccsc1CNC1CC2CCC1O2. The van der Waals surface area contributed by atoms with Gasteiger partial charge in [0.15, 0.2) is 0 Å². The van der Waals surface area contributed by atoms with E-state index in [0.29, 0.717) is 18.2 Å². The highest BCUT2D eigenvalue weighted by Crippen LogP contribution is 2.34. The van der Waals surface area contributed by atoms with E-state index in [4.69, 9.17) is 4.74 Å². The van der Waals surface area contributed by atoms with Crippen molar-refractivity contribution in [2.24, 2.45) is 0 Å². The smallest absolute Gasteiger partial charge is 0.221 e. The summed E-state index contributed by atoms with van der Waals surface area (Å²) in [5.41, 5.74) is 0.934. The van der Waals surface area contributed by atoms with Gasteiger partial charge >= 0.3 is 0 Å². The maximum Gasteiger partial charge on any atom is 0.221 e. The van der Waals surface area contributed by atoms with Crippen LogP contribution >= 0.6 is 11.3 Å². The Hall–Kier alpha value is -0.910. The maximum absolute atomic E-state index is 11.1. The van der Waals surface area contributed by atoms with Crippen LogP contribution in [0, 0.1) is 0 Å². The molecular weight excluding hydrogens is 248 g/mol. The minimum absolute atomic E-state index is 0.0158. The van der Waals surface area contributed by atoms with Crippen LogP contribution in [0.2, 0.25) is 0 Å². The van der Waals surface area contributed by atoms with Crippen molar-refractivity contribution in [1.82, 2.24) is 5.32 Å². The van der Waals surface area contributed by atoms with Crippen molar-refractivity contribution in [3.63, 3.8) is 0 Å². The summed E-state index contributed by atoms with van der Waals surface area (Å²) in [6, 6.07) is 2.44. The van der Waals surface area contributed by atoms with Crippen molar-refractivity contribution in [3.05, 3.63) is 16.3 Å². The van der Waals surface area contributed by atoms with Gasteiger partial charge in [-0.25, -0.2) is 0 Å². The van der Waals surface area contributed by atoms with Crippen LogP contribution in [0.25, 0.3) is 0 Å². The fraction of sp³-hybridized carbons (Fsp3) is 0.615. The zero-order chi connectivity index (χ0) is 12.5. The fourth-order valence-electron chi connectivity index (χ4n) is 2.85. The van der Waals surface area contributed by atoms with Gasteiger partial charge in [0.25, 0.3) is 0 Å². The number of thiophene rings is 1. The molecule has 0 saturated carbocycles. The van der Waals surface area contributed by atoms with Crippen LogP contribution < -0.4 is 10.6 Å². The van der Waals surface area contributed by atoms with Crippen molar-refractivity contribution >= 4 is 22.9 Å². The summed E-state index contributed by atoms with van der Waals surface area (Å²) in [5, 5.41) is 8.44. The highest BCUT2D eigenvalue weighted by atomic mass is 32.1. The molecule has 2 aliphatic rings. The zero-order valence-electron chi connectivity index (χ0n) is 10.4. The Morgan fingerprint density at radius 3 is 3.11 bits per heavy atom. The molecule has 2 saturated heterocycles. The molecule has 3 heterocycles. The second kappa shape index (κ2) is 4.99. The number of carbonyl (C=O) groups is 1. The molecule has 1 aromatic rings. The molecule has 0 aromatic carbocycles. The molecule has 2 fully saturated rings. The van der Waals surface area contributed by atoms with Crippen molar-refractivity contribution in [2.75, 3.05) is 5.32 Å². The zero-order valence-corrected chi connectivity index (χ0v) is 11.3. The maximum atomic E-state index is 11.1. The number of hydrogen-bond donors (Lipinski definition) is 2. The van der Waals surface area contributed by atoms with Gasteiger partial charge in [0.05, 0.1) is 17.9 Å². The quantitative estimate of drug-likeness (QED) is 0.877. The number of rotatable bonds is 4. The second-order valence-corrected chi connectivity index (χ2v) is 6.04. The molecular formula is C13H18N2O2S. The van der Waals surface area contributed by atoms with Gasteiger partial charge in [0.2, 0.25) is 5.91 Å². The van der Waals surface area contributed by atoms with Gasteiger partial charge in [-0.3, -0.25) is 4.79 Å². The molecule has 4 nitrogen and oxygen atoms in total. The first-order valence-corrected chi connectivity index (χ1v) is 7.33. The van der Waals surface area contributed by atoms with Crippen LogP contribution in [0.5, 0.6) is 0 Å². The largest absolute Gasteiger partial charge is 0.373 e. The standard InChI is InChI=1S/C13H18N2O2S/c1-8(16)15-10-4-5-18-13(10)7-14-11-6-9-2-3-12(11)17-9/h4-5,9,11-12,14H,2-3,6-7H2,1H3,(H,15,16). The predicted octanol–water partition coefficient (Wildman–Crippen LogP) is 2.12. The first-order chi connectivity index (χ1) is 8.72. The summed E-state index contributed by atoms with van der Waals surface area (Å²) >= 11 is 1.68. The van der Waals surface area contributed by atoms with E-state index >= 15 is 0 Å². The van der Waals surface area contributed by atoms with Crippen molar-refractivity contribution in [3.8, 4) is 0 Å². The Morgan fingerprint density at radius 2 is 2.44 bits per heavy atom. The molecule has 5 heteroatoms. The van der Waals surface area contributed by atoms with Crippen molar-refractivity contribution in [2.45, 2.75) is 51.0 Å². The molecule has 1 aromatic heterocycles. The lowest BCUT2D eigenvalue weighted by Gasteiger charge is -2.20. The first-order valence-electron chi connectivity index (χ1n) is 6.45. The molecule has 2 aliphatic heterocycles. The molecule has 0 spiro atoms. The minimum atomic E-state index is -0.0158. The summed E-state index contributed by atoms with van der Waals surface area (Å²) in [6.45, 7) is 2.35. The summed E-state index contributed by atoms with van der Waals surface area (Å²) < 4.78 is 5.82. The van der Waals surface area contributed by atoms with Crippen LogP contribution in [0.4, 0.5) is 5.69 Å². The van der Waals surface area contributed by atoms with Crippen molar-refractivity contribution < 1.29 is 9.53 Å². The minimum Gasteiger partial charge on any atom is -0.373 e. The Balaban J connectivity index is 1.57. The van der Waals surface area contributed by atoms with Crippen LogP contribution in [0.15, 0.2) is 11.4 Å². The van der Waals surface area contributed by atoms with E-state index in [0.717, 1.165) is 18.7 Å². The van der Waals surface area contributed by atoms with E-state index in [1.807, 2.05) is 11.4 Å². The van der Waals surface area contributed by atoms with E-state index in [2.05, 4.69) is 10.6 Å². The lowest BCUT2D eigenvalue weighted by molar-refractivity contribution is -0.114. The third kappa shape index (κ3) is 2.43. The molecule has 0 aliphatic carbocycles. The molecule has 3 unspecified atom stereocenters. The first kappa shape index (κ1) is 12.1. The van der Waals surface area contributed by atoms with Crippen LogP contribution in [0.3, 0.4) is 0 Å². The second-order valence-electron chi connectivity index (χ2n) is 5.04. The predicted molar refractivity (Wildman–Crippen MR) is 71.8 cm³/mol. The van der Waals surface area contributed by atoms with E-state index in [1.165, 1.54) is 17.7 Å². The van der Waals surface area contributed by atoms with Gasteiger partial charge in [-0.05, 0) is 30.7 Å². The number of carbonyl (C=O) groups excluding carboxylic acids is 1. The van der Waals surface area contributed by atoms with Crippen LogP contribution in [-0.2, 0) is 16.1 Å². The van der Waals surface area contributed by atoms with Gasteiger partial charge < -0.3 is 15.4 Å². The van der Waals surface area contributed by atoms with E-state index in [9.17, 15) is 4.79 Å². The number of fused-ring (bicyclic) bond motifs is 2. The summed E-state index contributed by atoms with van der Waals surface area (Å²) in [7, 11) is 0. The number of nitrogens with one attached hydrogen (secondary N) is 2. The van der Waals surface area contributed by atoms with E-state index in [-0.39, 0.29) is 5.91 Å². The lowest BCUT2D eigenvalue weighted by atomic mass is 9.95. The number of hydrogen-bond acceptors (Lipinski definition) is 4. The summed E-state index contributed by atoms with van der Waals surface area (Å²) in [5.74, 6) is -0.0158. The van der Waals surface area contributed by atoms with Gasteiger partial charge in [0.1, 0.15) is 0 Å². The number of amides is 1. The summed E-state index contributed by atoms with van der Waals surface area (Å²) in [4.78, 5) is 12.3. The van der Waals surface area contributed by atoms with Gasteiger partial charge in [0, 0.05) is 24.4 Å². The highest BCUT2D eigenvalue weighted by Gasteiger charge is 2.40.